The molecule has 1 unspecified atom stereocenters. The van der Waals surface area contributed by atoms with Crippen molar-refractivity contribution in [2.75, 3.05) is 40.4 Å². The van der Waals surface area contributed by atoms with Gasteiger partial charge < -0.3 is 19.8 Å². The van der Waals surface area contributed by atoms with E-state index < -0.39 is 6.10 Å². The molecule has 0 radical (unpaired) electrons. The van der Waals surface area contributed by atoms with E-state index in [0.717, 1.165) is 0 Å². The van der Waals surface area contributed by atoms with E-state index in [-0.39, 0.29) is 13.2 Å². The second-order valence-corrected chi connectivity index (χ2v) is 3.40. The third-order valence-corrected chi connectivity index (χ3v) is 1.62. The zero-order chi connectivity index (χ0) is 8.91. The SMILES string of the molecule is C[N+](C)(CCO)CC(O)CO. The van der Waals surface area contributed by atoms with Crippen LogP contribution < -0.4 is 0 Å². The van der Waals surface area contributed by atoms with E-state index >= 15 is 0 Å². The second-order valence-electron chi connectivity index (χ2n) is 3.40. The molecule has 68 valence electrons. The molecule has 3 N–H and O–H groups in total. The van der Waals surface area contributed by atoms with Crippen LogP contribution in [0.15, 0.2) is 0 Å². The molecule has 0 aliphatic rings. The highest BCUT2D eigenvalue weighted by Gasteiger charge is 2.18. The molecule has 11 heavy (non-hydrogen) atoms. The number of aliphatic hydroxyl groups excluding tert-OH is 3. The van der Waals surface area contributed by atoms with Gasteiger partial charge in [-0.25, -0.2) is 0 Å². The third-order valence-electron chi connectivity index (χ3n) is 1.62. The first-order chi connectivity index (χ1) is 5.02. The molecule has 0 saturated heterocycles. The average Bonchev–Trinajstić information content (AvgIpc) is 1.86. The summed E-state index contributed by atoms with van der Waals surface area (Å²) in [4.78, 5) is 0. The van der Waals surface area contributed by atoms with Crippen molar-refractivity contribution >= 4 is 0 Å². The topological polar surface area (TPSA) is 60.7 Å². The average molecular weight is 164 g/mol. The lowest BCUT2D eigenvalue weighted by atomic mass is 10.3. The van der Waals surface area contributed by atoms with Gasteiger partial charge in [-0.15, -0.1) is 0 Å². The van der Waals surface area contributed by atoms with Gasteiger partial charge in [0, 0.05) is 0 Å². The molecule has 0 amide bonds. The van der Waals surface area contributed by atoms with Gasteiger partial charge in [-0.3, -0.25) is 0 Å². The Morgan fingerprint density at radius 1 is 1.27 bits per heavy atom. The molecule has 0 aromatic heterocycles. The van der Waals surface area contributed by atoms with Gasteiger partial charge in [-0.1, -0.05) is 0 Å². The number of hydrogen-bond donors (Lipinski definition) is 3. The van der Waals surface area contributed by atoms with Crippen LogP contribution in [0.2, 0.25) is 0 Å². The van der Waals surface area contributed by atoms with Crippen LogP contribution in [0.4, 0.5) is 0 Å². The lowest BCUT2D eigenvalue weighted by Gasteiger charge is -2.30. The van der Waals surface area contributed by atoms with Gasteiger partial charge in [0.2, 0.25) is 0 Å². The highest BCUT2D eigenvalue weighted by Crippen LogP contribution is 1.98. The van der Waals surface area contributed by atoms with E-state index in [4.69, 9.17) is 15.3 Å². The zero-order valence-corrected chi connectivity index (χ0v) is 7.19. The molecule has 0 aromatic carbocycles. The molecule has 1 atom stereocenters. The quantitative estimate of drug-likeness (QED) is 0.429. The molecule has 0 heterocycles. The number of likely N-dealkylation sites (N-methyl/N-ethyl adjacent to an activating group) is 1. The molecule has 0 aromatic rings. The van der Waals surface area contributed by atoms with Crippen molar-refractivity contribution < 1.29 is 19.8 Å². The summed E-state index contributed by atoms with van der Waals surface area (Å²) in [5, 5.41) is 26.2. The van der Waals surface area contributed by atoms with E-state index in [1.54, 1.807) is 0 Å². The molecule has 4 heteroatoms. The van der Waals surface area contributed by atoms with E-state index in [9.17, 15) is 0 Å². The Bertz CT molecular complexity index is 106. The predicted molar refractivity (Wildman–Crippen MR) is 42.0 cm³/mol. The molecule has 0 fully saturated rings. The van der Waals surface area contributed by atoms with Crippen LogP contribution in [0, 0.1) is 0 Å². The first-order valence-electron chi connectivity index (χ1n) is 3.73. The fraction of sp³-hybridized carbons (Fsp3) is 1.00. The van der Waals surface area contributed by atoms with Crippen LogP contribution in [-0.2, 0) is 0 Å². The van der Waals surface area contributed by atoms with E-state index in [1.807, 2.05) is 14.1 Å². The van der Waals surface area contributed by atoms with Crippen molar-refractivity contribution in [1.29, 1.82) is 0 Å². The van der Waals surface area contributed by atoms with Gasteiger partial charge in [-0.2, -0.15) is 0 Å². The maximum Gasteiger partial charge on any atom is 0.126 e. The Morgan fingerprint density at radius 2 is 1.82 bits per heavy atom. The molecule has 4 nitrogen and oxygen atoms in total. The monoisotopic (exact) mass is 164 g/mol. The van der Waals surface area contributed by atoms with Crippen molar-refractivity contribution in [3.05, 3.63) is 0 Å². The van der Waals surface area contributed by atoms with Gasteiger partial charge in [-0.05, 0) is 0 Å². The standard InChI is InChI=1S/C7H18NO3/c1-8(2,3-4-9)5-7(11)6-10/h7,9-11H,3-6H2,1-2H3/q+1. The van der Waals surface area contributed by atoms with Crippen molar-refractivity contribution in [1.82, 2.24) is 0 Å². The van der Waals surface area contributed by atoms with Crippen molar-refractivity contribution in [3.63, 3.8) is 0 Å². The van der Waals surface area contributed by atoms with Gasteiger partial charge in [0.25, 0.3) is 0 Å². The Kier molecular flexibility index (Phi) is 4.60. The van der Waals surface area contributed by atoms with Crippen molar-refractivity contribution in [2.24, 2.45) is 0 Å². The zero-order valence-electron chi connectivity index (χ0n) is 7.19. The summed E-state index contributed by atoms with van der Waals surface area (Å²) < 4.78 is 0.526. The van der Waals surface area contributed by atoms with E-state index in [1.165, 1.54) is 0 Å². The Hall–Kier alpha value is -0.160. The predicted octanol–water partition coefficient (Wildman–Crippen LogP) is -1.59. The number of nitrogens with zero attached hydrogens (tertiary/aromatic N) is 1. The number of aliphatic hydroxyl groups is 3. The first-order valence-corrected chi connectivity index (χ1v) is 3.73. The van der Waals surface area contributed by atoms with Crippen LogP contribution in [0.1, 0.15) is 0 Å². The minimum Gasteiger partial charge on any atom is -0.393 e. The molecular formula is C7H18NO3+. The smallest absolute Gasteiger partial charge is 0.126 e. The maximum atomic E-state index is 9.07. The molecule has 0 rings (SSSR count). The Labute approximate surface area is 67.3 Å². The molecular weight excluding hydrogens is 146 g/mol. The van der Waals surface area contributed by atoms with Crippen LogP contribution in [0.3, 0.4) is 0 Å². The van der Waals surface area contributed by atoms with Gasteiger partial charge in [0.15, 0.2) is 0 Å². The van der Waals surface area contributed by atoms with Crippen LogP contribution in [-0.4, -0.2) is 66.3 Å². The molecule has 0 aliphatic heterocycles. The largest absolute Gasteiger partial charge is 0.393 e. The minimum atomic E-state index is -0.684. The summed E-state index contributed by atoms with van der Waals surface area (Å²) in [5.74, 6) is 0. The fourth-order valence-corrected chi connectivity index (χ4v) is 0.990. The minimum absolute atomic E-state index is 0.102. The number of hydrogen-bond acceptors (Lipinski definition) is 3. The summed E-state index contributed by atoms with van der Waals surface area (Å²) in [6, 6.07) is 0. The summed E-state index contributed by atoms with van der Waals surface area (Å²) in [6.45, 7) is 0.951. The normalized spacial score (nSPS) is 15.0. The summed E-state index contributed by atoms with van der Waals surface area (Å²) in [6.07, 6.45) is -0.684. The van der Waals surface area contributed by atoms with E-state index in [0.29, 0.717) is 17.6 Å². The van der Waals surface area contributed by atoms with Gasteiger partial charge in [0.1, 0.15) is 19.2 Å². The molecule has 0 aliphatic carbocycles. The molecule has 0 spiro atoms. The van der Waals surface area contributed by atoms with Gasteiger partial charge >= 0.3 is 0 Å². The lowest BCUT2D eigenvalue weighted by molar-refractivity contribution is -0.893. The van der Waals surface area contributed by atoms with Crippen molar-refractivity contribution in [3.8, 4) is 0 Å². The van der Waals surface area contributed by atoms with Crippen LogP contribution in [0.5, 0.6) is 0 Å². The summed E-state index contributed by atoms with van der Waals surface area (Å²) >= 11 is 0. The lowest BCUT2D eigenvalue weighted by Crippen LogP contribution is -2.47. The van der Waals surface area contributed by atoms with Crippen LogP contribution in [0.25, 0.3) is 0 Å². The Morgan fingerprint density at radius 3 is 2.18 bits per heavy atom. The number of quaternary nitrogens is 1. The third kappa shape index (κ3) is 5.15. The summed E-state index contributed by atoms with van der Waals surface area (Å²) in [7, 11) is 3.80. The second kappa shape index (κ2) is 4.66. The van der Waals surface area contributed by atoms with Crippen molar-refractivity contribution in [2.45, 2.75) is 6.10 Å². The Balaban J connectivity index is 3.70. The number of rotatable bonds is 5. The molecule has 0 bridgehead atoms. The maximum absolute atomic E-state index is 9.07. The molecule has 0 saturated carbocycles. The highest BCUT2D eigenvalue weighted by atomic mass is 16.3. The fourth-order valence-electron chi connectivity index (χ4n) is 0.990. The van der Waals surface area contributed by atoms with Gasteiger partial charge in [0.05, 0.1) is 27.3 Å². The highest BCUT2D eigenvalue weighted by molar-refractivity contribution is 4.49. The van der Waals surface area contributed by atoms with E-state index in [2.05, 4.69) is 0 Å². The summed E-state index contributed by atoms with van der Waals surface area (Å²) in [5.41, 5.74) is 0. The van der Waals surface area contributed by atoms with Crippen LogP contribution >= 0.6 is 0 Å². The first kappa shape index (κ1) is 10.8.